The second kappa shape index (κ2) is 11.5. The lowest BCUT2D eigenvalue weighted by Gasteiger charge is -2.17. The van der Waals surface area contributed by atoms with Crippen molar-refractivity contribution in [1.29, 1.82) is 0 Å². The maximum atomic E-state index is 5.47. The highest BCUT2D eigenvalue weighted by Gasteiger charge is 2.13. The molecule has 0 fully saturated rings. The van der Waals surface area contributed by atoms with Crippen LogP contribution in [0, 0.1) is 0 Å². The zero-order valence-electron chi connectivity index (χ0n) is 15.5. The summed E-state index contributed by atoms with van der Waals surface area (Å²) in [6.45, 7) is 1.20. The smallest absolute Gasteiger partial charge is 0.191 e. The van der Waals surface area contributed by atoms with Gasteiger partial charge in [0.15, 0.2) is 5.96 Å². The lowest BCUT2D eigenvalue weighted by atomic mass is 10.1. The van der Waals surface area contributed by atoms with Crippen LogP contribution in [0.25, 0.3) is 0 Å². The Morgan fingerprint density at radius 3 is 1.96 bits per heavy atom. The van der Waals surface area contributed by atoms with Crippen molar-refractivity contribution in [2.45, 2.75) is 13.1 Å². The molecular formula is C19H26IN3O3. The van der Waals surface area contributed by atoms with Crippen LogP contribution in [0.4, 0.5) is 0 Å². The number of aliphatic imine (C=N–C) groups is 1. The Morgan fingerprint density at radius 2 is 1.46 bits per heavy atom. The van der Waals surface area contributed by atoms with Crippen LogP contribution in [-0.2, 0) is 13.1 Å². The number of hydrogen-bond donors (Lipinski definition) is 2. The van der Waals surface area contributed by atoms with Crippen molar-refractivity contribution in [3.05, 3.63) is 53.6 Å². The van der Waals surface area contributed by atoms with Crippen molar-refractivity contribution in [3.63, 3.8) is 0 Å². The topological polar surface area (TPSA) is 64.1 Å². The molecule has 0 saturated carbocycles. The fraction of sp³-hybridized carbons (Fsp3) is 0.316. The average Bonchev–Trinajstić information content (AvgIpc) is 2.68. The largest absolute Gasteiger partial charge is 0.496 e. The van der Waals surface area contributed by atoms with E-state index in [2.05, 4.69) is 27.8 Å². The van der Waals surface area contributed by atoms with Crippen molar-refractivity contribution >= 4 is 29.9 Å². The zero-order valence-corrected chi connectivity index (χ0v) is 17.9. The van der Waals surface area contributed by atoms with Crippen LogP contribution in [0.1, 0.15) is 11.1 Å². The molecule has 0 radical (unpaired) electrons. The first-order valence-electron chi connectivity index (χ1n) is 7.99. The Morgan fingerprint density at radius 1 is 0.885 bits per heavy atom. The Labute approximate surface area is 172 Å². The summed E-state index contributed by atoms with van der Waals surface area (Å²) >= 11 is 0. The van der Waals surface area contributed by atoms with E-state index < -0.39 is 0 Å². The number of hydrogen-bond acceptors (Lipinski definition) is 4. The van der Waals surface area contributed by atoms with Gasteiger partial charge in [-0.2, -0.15) is 0 Å². The van der Waals surface area contributed by atoms with Gasteiger partial charge in [0.2, 0.25) is 0 Å². The minimum atomic E-state index is 0. The summed E-state index contributed by atoms with van der Waals surface area (Å²) in [4.78, 5) is 4.25. The molecule has 2 rings (SSSR count). The standard InChI is InChI=1S/C19H25N3O3.HI/c1-20-19(21-12-14-8-6-5-7-9-14)22-13-16-17(24-3)10-15(23-2)11-18(16)25-4;/h5-11H,12-13H2,1-4H3,(H2,20,21,22);1H. The van der Waals surface area contributed by atoms with E-state index in [0.717, 1.165) is 5.56 Å². The highest BCUT2D eigenvalue weighted by atomic mass is 127. The van der Waals surface area contributed by atoms with Crippen LogP contribution in [-0.4, -0.2) is 34.3 Å². The first-order chi connectivity index (χ1) is 12.2. The van der Waals surface area contributed by atoms with Crippen molar-refractivity contribution in [2.75, 3.05) is 28.4 Å². The van der Waals surface area contributed by atoms with E-state index in [0.29, 0.717) is 36.3 Å². The number of benzene rings is 2. The molecule has 0 aliphatic rings. The second-order valence-electron chi connectivity index (χ2n) is 5.28. The first kappa shape index (κ1) is 21.9. The fourth-order valence-corrected chi connectivity index (χ4v) is 2.43. The molecule has 6 nitrogen and oxygen atoms in total. The SMILES string of the molecule is CN=C(NCc1ccccc1)NCc1c(OC)cc(OC)cc1OC.I. The van der Waals surface area contributed by atoms with Gasteiger partial charge < -0.3 is 24.8 Å². The summed E-state index contributed by atoms with van der Waals surface area (Å²) in [5.74, 6) is 2.78. The third-order valence-corrected chi connectivity index (χ3v) is 3.78. The molecule has 26 heavy (non-hydrogen) atoms. The van der Waals surface area contributed by atoms with Crippen molar-refractivity contribution in [3.8, 4) is 17.2 Å². The van der Waals surface area contributed by atoms with Crippen LogP contribution in [0.2, 0.25) is 0 Å². The summed E-state index contributed by atoms with van der Waals surface area (Å²) in [7, 11) is 6.60. The lowest BCUT2D eigenvalue weighted by Crippen LogP contribution is -2.36. The Bertz CT molecular complexity index is 683. The van der Waals surface area contributed by atoms with E-state index in [4.69, 9.17) is 14.2 Å². The Balaban J connectivity index is 0.00000338. The normalized spacial score (nSPS) is 10.5. The molecule has 0 amide bonds. The quantitative estimate of drug-likeness (QED) is 0.369. The van der Waals surface area contributed by atoms with Gasteiger partial charge in [0.1, 0.15) is 17.2 Å². The van der Waals surface area contributed by atoms with Crippen molar-refractivity contribution < 1.29 is 14.2 Å². The zero-order chi connectivity index (χ0) is 18.1. The molecule has 142 valence electrons. The van der Waals surface area contributed by atoms with Gasteiger partial charge in [0, 0.05) is 25.7 Å². The van der Waals surface area contributed by atoms with Crippen LogP contribution < -0.4 is 24.8 Å². The molecule has 0 atom stereocenters. The minimum Gasteiger partial charge on any atom is -0.496 e. The molecule has 0 saturated heterocycles. The maximum Gasteiger partial charge on any atom is 0.191 e. The van der Waals surface area contributed by atoms with E-state index in [9.17, 15) is 0 Å². The summed E-state index contributed by atoms with van der Waals surface area (Å²) in [6, 6.07) is 13.8. The van der Waals surface area contributed by atoms with Gasteiger partial charge in [-0.3, -0.25) is 4.99 Å². The third-order valence-electron chi connectivity index (χ3n) is 3.78. The molecule has 0 aliphatic carbocycles. The summed E-state index contributed by atoms with van der Waals surface area (Å²) < 4.78 is 16.2. The van der Waals surface area contributed by atoms with Gasteiger partial charge in [-0.1, -0.05) is 30.3 Å². The van der Waals surface area contributed by atoms with Gasteiger partial charge in [-0.05, 0) is 5.56 Å². The van der Waals surface area contributed by atoms with Gasteiger partial charge in [0.05, 0.1) is 33.4 Å². The molecule has 2 aromatic rings. The number of halogens is 1. The van der Waals surface area contributed by atoms with E-state index in [1.165, 1.54) is 5.56 Å². The number of methoxy groups -OCH3 is 3. The minimum absolute atomic E-state index is 0. The molecule has 0 unspecified atom stereocenters. The van der Waals surface area contributed by atoms with Gasteiger partial charge >= 0.3 is 0 Å². The average molecular weight is 471 g/mol. The van der Waals surface area contributed by atoms with Crippen molar-refractivity contribution in [2.24, 2.45) is 4.99 Å². The molecule has 2 N–H and O–H groups in total. The molecule has 7 heteroatoms. The molecule has 0 aromatic heterocycles. The van der Waals surface area contributed by atoms with Crippen LogP contribution in [0.15, 0.2) is 47.5 Å². The molecule has 0 heterocycles. The van der Waals surface area contributed by atoms with Crippen LogP contribution in [0.5, 0.6) is 17.2 Å². The van der Waals surface area contributed by atoms with E-state index in [-0.39, 0.29) is 24.0 Å². The summed E-state index contributed by atoms with van der Waals surface area (Å²) in [6.07, 6.45) is 0. The van der Waals surface area contributed by atoms with E-state index >= 15 is 0 Å². The number of guanidine groups is 1. The fourth-order valence-electron chi connectivity index (χ4n) is 2.43. The highest BCUT2D eigenvalue weighted by Crippen LogP contribution is 2.33. The van der Waals surface area contributed by atoms with Crippen LogP contribution in [0.3, 0.4) is 0 Å². The van der Waals surface area contributed by atoms with Gasteiger partial charge in [-0.15, -0.1) is 24.0 Å². The number of nitrogens with zero attached hydrogens (tertiary/aromatic N) is 1. The van der Waals surface area contributed by atoms with Crippen LogP contribution >= 0.6 is 24.0 Å². The Kier molecular flexibility index (Phi) is 9.64. The molecular weight excluding hydrogens is 445 g/mol. The van der Waals surface area contributed by atoms with Crippen molar-refractivity contribution in [1.82, 2.24) is 10.6 Å². The molecule has 0 aliphatic heterocycles. The monoisotopic (exact) mass is 471 g/mol. The Hall–Kier alpha value is -2.16. The predicted octanol–water partition coefficient (Wildman–Crippen LogP) is 3.20. The summed E-state index contributed by atoms with van der Waals surface area (Å²) in [5, 5.41) is 6.57. The lowest BCUT2D eigenvalue weighted by molar-refractivity contribution is 0.368. The van der Waals surface area contributed by atoms with E-state index in [1.807, 2.05) is 30.3 Å². The molecule has 2 aromatic carbocycles. The number of rotatable bonds is 7. The predicted molar refractivity (Wildman–Crippen MR) is 115 cm³/mol. The second-order valence-corrected chi connectivity index (χ2v) is 5.28. The summed E-state index contributed by atoms with van der Waals surface area (Å²) in [5.41, 5.74) is 2.08. The molecule has 0 spiro atoms. The first-order valence-corrected chi connectivity index (χ1v) is 7.99. The highest BCUT2D eigenvalue weighted by molar-refractivity contribution is 14.0. The molecule has 0 bridgehead atoms. The third kappa shape index (κ3) is 5.98. The number of nitrogens with one attached hydrogen (secondary N) is 2. The number of ether oxygens (including phenoxy) is 3. The van der Waals surface area contributed by atoms with Gasteiger partial charge in [-0.25, -0.2) is 0 Å². The maximum absolute atomic E-state index is 5.47. The van der Waals surface area contributed by atoms with E-state index in [1.54, 1.807) is 28.4 Å². The van der Waals surface area contributed by atoms with Gasteiger partial charge in [0.25, 0.3) is 0 Å².